The zero-order valence-corrected chi connectivity index (χ0v) is 16.2. The molecule has 0 saturated carbocycles. The van der Waals surface area contributed by atoms with Gasteiger partial charge >= 0.3 is 0 Å². The summed E-state index contributed by atoms with van der Waals surface area (Å²) in [5.41, 5.74) is 0.636. The number of carbonyl (C=O) groups is 2. The Bertz CT molecular complexity index is 586. The fourth-order valence-electron chi connectivity index (χ4n) is 2.60. The van der Waals surface area contributed by atoms with E-state index in [0.29, 0.717) is 6.54 Å². The quantitative estimate of drug-likeness (QED) is 0.793. The molecule has 1 aromatic carbocycles. The van der Waals surface area contributed by atoms with E-state index in [0.717, 1.165) is 24.1 Å². The average molecular weight is 332 g/mol. The van der Waals surface area contributed by atoms with Crippen molar-refractivity contribution in [3.63, 3.8) is 0 Å². The molecular weight excluding hydrogens is 300 g/mol. The van der Waals surface area contributed by atoms with Crippen molar-refractivity contribution in [2.45, 2.75) is 59.8 Å². The normalized spacial score (nSPS) is 12.0. The second kappa shape index (κ2) is 7.82. The summed E-state index contributed by atoms with van der Waals surface area (Å²) >= 11 is 0. The van der Waals surface area contributed by atoms with Crippen LogP contribution in [0.25, 0.3) is 0 Å². The number of nitrogens with zero attached hydrogens (tertiary/aromatic N) is 1. The Morgan fingerprint density at radius 1 is 1.08 bits per heavy atom. The second-order valence-electron chi connectivity index (χ2n) is 7.95. The van der Waals surface area contributed by atoms with Crippen LogP contribution in [-0.2, 0) is 15.0 Å². The zero-order valence-electron chi connectivity index (χ0n) is 16.2. The Balaban J connectivity index is 2.97. The molecule has 0 aliphatic rings. The molecule has 1 N–H and O–H groups in total. The first-order valence-corrected chi connectivity index (χ1v) is 8.68. The highest BCUT2D eigenvalue weighted by Gasteiger charge is 2.38. The molecule has 0 unspecified atom stereocenters. The van der Waals surface area contributed by atoms with Crippen LogP contribution in [0.5, 0.6) is 0 Å². The smallest absolute Gasteiger partial charge is 0.239 e. The zero-order chi connectivity index (χ0) is 18.5. The number of nitrogens with one attached hydrogen (secondary N) is 1. The van der Waals surface area contributed by atoms with Gasteiger partial charge < -0.3 is 10.2 Å². The number of carbonyl (C=O) groups excluding carboxylic acids is 2. The van der Waals surface area contributed by atoms with Gasteiger partial charge in [0.15, 0.2) is 0 Å². The molecule has 1 aromatic rings. The molecule has 134 valence electrons. The Labute approximate surface area is 146 Å². The monoisotopic (exact) mass is 332 g/mol. The Morgan fingerprint density at radius 3 is 2.21 bits per heavy atom. The predicted octanol–water partition coefficient (Wildman–Crippen LogP) is 4.21. The topological polar surface area (TPSA) is 49.4 Å². The van der Waals surface area contributed by atoms with E-state index >= 15 is 0 Å². The standard InChI is InChI=1S/C20H32N2O2/c1-8-9-14-22(7)18(24)20(5,6)17(23)21-16-13-11-10-12-15(16)19(2,3)4/h10-13H,8-9,14H2,1-7H3,(H,21,23). The summed E-state index contributed by atoms with van der Waals surface area (Å²) in [6.45, 7) is 12.4. The third-order valence-electron chi connectivity index (χ3n) is 4.28. The predicted molar refractivity (Wildman–Crippen MR) is 100 cm³/mol. The first-order chi connectivity index (χ1) is 11.0. The SMILES string of the molecule is CCCCN(C)C(=O)C(C)(C)C(=O)Nc1ccccc1C(C)(C)C. The van der Waals surface area contributed by atoms with Crippen LogP contribution in [-0.4, -0.2) is 30.3 Å². The molecule has 0 atom stereocenters. The van der Waals surface area contributed by atoms with Gasteiger partial charge in [0.25, 0.3) is 0 Å². The molecule has 24 heavy (non-hydrogen) atoms. The number of benzene rings is 1. The van der Waals surface area contributed by atoms with Crippen molar-refractivity contribution in [1.82, 2.24) is 4.90 Å². The molecular formula is C20H32N2O2. The Hall–Kier alpha value is -1.84. The Kier molecular flexibility index (Phi) is 6.58. The van der Waals surface area contributed by atoms with Gasteiger partial charge in [-0.15, -0.1) is 0 Å². The first kappa shape index (κ1) is 20.2. The minimum atomic E-state index is -1.10. The van der Waals surface area contributed by atoms with Crippen LogP contribution >= 0.6 is 0 Å². The summed E-state index contributed by atoms with van der Waals surface area (Å²) in [4.78, 5) is 27.1. The number of hydrogen-bond acceptors (Lipinski definition) is 2. The van der Waals surface area contributed by atoms with Gasteiger partial charge in [0.05, 0.1) is 0 Å². The van der Waals surface area contributed by atoms with Crippen molar-refractivity contribution in [3.05, 3.63) is 29.8 Å². The van der Waals surface area contributed by atoms with Crippen molar-refractivity contribution in [2.75, 3.05) is 18.9 Å². The molecule has 0 saturated heterocycles. The van der Waals surface area contributed by atoms with E-state index in [4.69, 9.17) is 0 Å². The molecule has 0 fully saturated rings. The molecule has 4 nitrogen and oxygen atoms in total. The lowest BCUT2D eigenvalue weighted by atomic mass is 9.85. The van der Waals surface area contributed by atoms with E-state index in [2.05, 4.69) is 33.0 Å². The van der Waals surface area contributed by atoms with Crippen molar-refractivity contribution in [2.24, 2.45) is 5.41 Å². The number of anilines is 1. The highest BCUT2D eigenvalue weighted by Crippen LogP contribution is 2.31. The van der Waals surface area contributed by atoms with Gasteiger partial charge in [0.2, 0.25) is 11.8 Å². The number of unbranched alkanes of at least 4 members (excludes halogenated alkanes) is 1. The molecule has 0 aromatic heterocycles. The van der Waals surface area contributed by atoms with Crippen LogP contribution in [0.1, 0.15) is 59.9 Å². The Morgan fingerprint density at radius 2 is 1.67 bits per heavy atom. The minimum Gasteiger partial charge on any atom is -0.345 e. The fourth-order valence-corrected chi connectivity index (χ4v) is 2.60. The molecule has 0 radical (unpaired) electrons. The van der Waals surface area contributed by atoms with Crippen LogP contribution in [0.3, 0.4) is 0 Å². The van der Waals surface area contributed by atoms with Crippen LogP contribution in [0.4, 0.5) is 5.69 Å². The van der Waals surface area contributed by atoms with Gasteiger partial charge in [0, 0.05) is 19.3 Å². The van der Waals surface area contributed by atoms with Crippen molar-refractivity contribution < 1.29 is 9.59 Å². The van der Waals surface area contributed by atoms with Gasteiger partial charge in [-0.3, -0.25) is 9.59 Å². The molecule has 0 aliphatic carbocycles. The van der Waals surface area contributed by atoms with E-state index in [9.17, 15) is 9.59 Å². The third kappa shape index (κ3) is 4.83. The lowest BCUT2D eigenvalue weighted by molar-refractivity contribution is -0.145. The van der Waals surface area contributed by atoms with Crippen LogP contribution in [0.15, 0.2) is 24.3 Å². The van der Waals surface area contributed by atoms with Crippen LogP contribution in [0.2, 0.25) is 0 Å². The minimum absolute atomic E-state index is 0.0874. The third-order valence-corrected chi connectivity index (χ3v) is 4.28. The fraction of sp³-hybridized carbons (Fsp3) is 0.600. The molecule has 0 aliphatic heterocycles. The summed E-state index contributed by atoms with van der Waals surface area (Å²) in [5, 5.41) is 2.96. The van der Waals surface area contributed by atoms with E-state index in [1.165, 1.54) is 0 Å². The summed E-state index contributed by atoms with van der Waals surface area (Å²) < 4.78 is 0. The largest absolute Gasteiger partial charge is 0.345 e. The lowest BCUT2D eigenvalue weighted by Gasteiger charge is -2.30. The van der Waals surface area contributed by atoms with E-state index in [1.807, 2.05) is 24.3 Å². The summed E-state index contributed by atoms with van der Waals surface area (Å²) in [5.74, 6) is -0.422. The van der Waals surface area contributed by atoms with Gasteiger partial charge in [-0.25, -0.2) is 0 Å². The maximum absolute atomic E-state index is 12.8. The average Bonchev–Trinajstić information content (AvgIpc) is 2.51. The van der Waals surface area contributed by atoms with Crippen molar-refractivity contribution in [1.29, 1.82) is 0 Å². The van der Waals surface area contributed by atoms with Crippen molar-refractivity contribution >= 4 is 17.5 Å². The van der Waals surface area contributed by atoms with E-state index in [-0.39, 0.29) is 17.2 Å². The molecule has 0 heterocycles. The highest BCUT2D eigenvalue weighted by atomic mass is 16.2. The molecule has 2 amide bonds. The van der Waals surface area contributed by atoms with Gasteiger partial charge in [0.1, 0.15) is 5.41 Å². The summed E-state index contributed by atoms with van der Waals surface area (Å²) in [7, 11) is 1.76. The summed E-state index contributed by atoms with van der Waals surface area (Å²) in [6.07, 6.45) is 1.95. The first-order valence-electron chi connectivity index (χ1n) is 8.68. The van der Waals surface area contributed by atoms with Crippen LogP contribution in [0, 0.1) is 5.41 Å². The van der Waals surface area contributed by atoms with Gasteiger partial charge in [-0.05, 0) is 37.3 Å². The van der Waals surface area contributed by atoms with E-state index < -0.39 is 5.41 Å². The second-order valence-corrected chi connectivity index (χ2v) is 7.95. The molecule has 1 rings (SSSR count). The van der Waals surface area contributed by atoms with Gasteiger partial charge in [-0.2, -0.15) is 0 Å². The van der Waals surface area contributed by atoms with Crippen LogP contribution < -0.4 is 5.32 Å². The van der Waals surface area contributed by atoms with E-state index in [1.54, 1.807) is 25.8 Å². The summed E-state index contributed by atoms with van der Waals surface area (Å²) in [6, 6.07) is 7.76. The number of rotatable bonds is 6. The molecule has 4 heteroatoms. The maximum atomic E-state index is 12.8. The molecule has 0 spiro atoms. The molecule has 0 bridgehead atoms. The number of amides is 2. The lowest BCUT2D eigenvalue weighted by Crippen LogP contribution is -2.46. The maximum Gasteiger partial charge on any atom is 0.239 e. The van der Waals surface area contributed by atoms with Gasteiger partial charge in [-0.1, -0.05) is 52.3 Å². The number of hydrogen-bond donors (Lipinski definition) is 1. The number of para-hydroxylation sites is 1. The highest BCUT2D eigenvalue weighted by molar-refractivity contribution is 6.10. The van der Waals surface area contributed by atoms with Crippen molar-refractivity contribution in [3.8, 4) is 0 Å².